The van der Waals surface area contributed by atoms with E-state index in [4.69, 9.17) is 0 Å². The Morgan fingerprint density at radius 1 is 0.830 bits per heavy atom. The van der Waals surface area contributed by atoms with Gasteiger partial charge >= 0.3 is 0 Å². The number of sulfonamides is 1. The highest BCUT2D eigenvalue weighted by atomic mass is 32.2. The number of rotatable bonds is 11. The van der Waals surface area contributed by atoms with Gasteiger partial charge in [0.05, 0.1) is 4.90 Å². The number of carbonyl (C=O) groups is 3. The summed E-state index contributed by atoms with van der Waals surface area (Å²) in [5, 5.41) is 13.4. The highest BCUT2D eigenvalue weighted by Gasteiger charge is 2.33. The maximum atomic E-state index is 14.2. The van der Waals surface area contributed by atoms with Crippen LogP contribution in [-0.2, 0) is 32.5 Å². The molecule has 242 valence electrons. The molecule has 2 unspecified atom stereocenters. The van der Waals surface area contributed by atoms with Crippen LogP contribution in [0.15, 0.2) is 108 Å². The molecule has 0 aliphatic carbocycles. The predicted molar refractivity (Wildman–Crippen MR) is 179 cm³/mol. The number of hydrogen-bond donors (Lipinski definition) is 4. The van der Waals surface area contributed by atoms with Gasteiger partial charge in [-0.25, -0.2) is 13.1 Å². The fraction of sp³-hybridized carbons (Fsp3) is 0.194. The summed E-state index contributed by atoms with van der Waals surface area (Å²) in [6, 6.07) is 24.2. The lowest BCUT2D eigenvalue weighted by molar-refractivity contribution is -0.130. The lowest BCUT2D eigenvalue weighted by Crippen LogP contribution is -2.56. The van der Waals surface area contributed by atoms with E-state index in [1.165, 1.54) is 36.2 Å². The molecule has 1 aromatic heterocycles. The Labute approximate surface area is 273 Å². The number of phenols is 1. The van der Waals surface area contributed by atoms with Crippen molar-refractivity contribution in [3.05, 3.63) is 131 Å². The molecule has 0 saturated carbocycles. The van der Waals surface area contributed by atoms with Crippen LogP contribution < -0.4 is 10.0 Å². The fourth-order valence-corrected chi connectivity index (χ4v) is 6.60. The molecule has 0 radical (unpaired) electrons. The van der Waals surface area contributed by atoms with Crippen LogP contribution in [0.25, 0.3) is 10.9 Å². The number of aromatic amines is 1. The third kappa shape index (κ3) is 7.87. The average molecular weight is 653 g/mol. The van der Waals surface area contributed by atoms with Crippen molar-refractivity contribution >= 4 is 38.6 Å². The first-order valence-electron chi connectivity index (χ1n) is 15.0. The Morgan fingerprint density at radius 3 is 2.15 bits per heavy atom. The van der Waals surface area contributed by atoms with Crippen molar-refractivity contribution in [2.75, 3.05) is 7.05 Å². The Bertz CT molecular complexity index is 2000. The second-order valence-corrected chi connectivity index (χ2v) is 13.3. The van der Waals surface area contributed by atoms with Crippen molar-refractivity contribution in [2.45, 2.75) is 43.7 Å². The summed E-state index contributed by atoms with van der Waals surface area (Å²) < 4.78 is 28.4. The number of aromatic nitrogens is 1. The minimum Gasteiger partial charge on any atom is -0.508 e. The molecule has 0 saturated heterocycles. The van der Waals surface area contributed by atoms with Gasteiger partial charge in [0.25, 0.3) is 21.8 Å². The van der Waals surface area contributed by atoms with Gasteiger partial charge in [0.2, 0.25) is 5.91 Å². The number of likely N-dealkylation sites (N-methyl/N-ethyl adjacent to an activating group) is 1. The molecule has 10 nitrogen and oxygen atoms in total. The first-order chi connectivity index (χ1) is 22.4. The molecule has 0 aliphatic heterocycles. The number of aromatic hydroxyl groups is 1. The maximum absolute atomic E-state index is 14.2. The molecule has 11 heteroatoms. The number of phenolic OH excluding ortho intramolecular Hbond substituents is 1. The van der Waals surface area contributed by atoms with Gasteiger partial charge in [-0.05, 0) is 67.4 Å². The second-order valence-electron chi connectivity index (χ2n) is 11.6. The molecule has 47 heavy (non-hydrogen) atoms. The quantitative estimate of drug-likeness (QED) is 0.166. The predicted octanol–water partition coefficient (Wildman–Crippen LogP) is 4.41. The zero-order chi connectivity index (χ0) is 33.7. The summed E-state index contributed by atoms with van der Waals surface area (Å²) in [4.78, 5) is 46.0. The number of para-hydroxylation sites is 1. The number of benzene rings is 4. The van der Waals surface area contributed by atoms with Crippen molar-refractivity contribution < 1.29 is 27.9 Å². The van der Waals surface area contributed by atoms with Crippen molar-refractivity contribution in [1.29, 1.82) is 0 Å². The van der Waals surface area contributed by atoms with E-state index in [-0.39, 0.29) is 23.5 Å². The van der Waals surface area contributed by atoms with Crippen molar-refractivity contribution in [2.24, 2.45) is 0 Å². The van der Waals surface area contributed by atoms with Gasteiger partial charge in [-0.2, -0.15) is 0 Å². The number of nitrogens with zero attached hydrogens (tertiary/aromatic N) is 1. The molecule has 0 fully saturated rings. The number of nitrogens with one attached hydrogen (secondary N) is 3. The average Bonchev–Trinajstić information content (AvgIpc) is 3.45. The van der Waals surface area contributed by atoms with Crippen LogP contribution in [0.1, 0.15) is 32.6 Å². The largest absolute Gasteiger partial charge is 0.508 e. The van der Waals surface area contributed by atoms with Crippen molar-refractivity contribution in [3.63, 3.8) is 0 Å². The van der Waals surface area contributed by atoms with Gasteiger partial charge in [0, 0.05) is 42.6 Å². The molecule has 4 aromatic carbocycles. The van der Waals surface area contributed by atoms with Gasteiger partial charge in [-0.15, -0.1) is 0 Å². The second kappa shape index (κ2) is 13.9. The summed E-state index contributed by atoms with van der Waals surface area (Å²) in [5.41, 5.74) is 4.33. The Balaban J connectivity index is 1.48. The zero-order valence-electron chi connectivity index (χ0n) is 26.2. The van der Waals surface area contributed by atoms with Crippen molar-refractivity contribution in [1.82, 2.24) is 19.9 Å². The van der Waals surface area contributed by atoms with Gasteiger partial charge < -0.3 is 20.3 Å². The molecule has 0 spiro atoms. The van der Waals surface area contributed by atoms with E-state index in [0.717, 1.165) is 22.0 Å². The van der Waals surface area contributed by atoms with E-state index in [9.17, 15) is 27.9 Å². The first-order valence-corrected chi connectivity index (χ1v) is 16.5. The third-order valence-corrected chi connectivity index (χ3v) is 9.31. The molecular formula is C36H36N4O6S. The molecule has 1 heterocycles. The van der Waals surface area contributed by atoms with Crippen LogP contribution in [0, 0.1) is 13.8 Å². The Morgan fingerprint density at radius 2 is 1.47 bits per heavy atom. The standard InChI is InChI=1S/C36H36N4O6S/c1-23-17-24(2)19-26(18-23)36(44)40(3)33(20-25-13-15-28(41)16-14-25)35(43)38-32(21-27-22-37-31-12-8-7-11-30(27)31)34(42)39-47(45,46)29-9-5-4-6-10-29/h4-19,22,32-33,37,41H,20-21H2,1-3H3,(H,38,43)(H,39,42). The summed E-state index contributed by atoms with van der Waals surface area (Å²) >= 11 is 0. The number of H-pyrrole nitrogens is 1. The summed E-state index contributed by atoms with van der Waals surface area (Å²) in [7, 11) is -2.74. The molecular weight excluding hydrogens is 616 g/mol. The van der Waals surface area contributed by atoms with Gasteiger partial charge in [-0.1, -0.05) is 65.7 Å². The van der Waals surface area contributed by atoms with Crippen LogP contribution in [0.4, 0.5) is 0 Å². The van der Waals surface area contributed by atoms with E-state index < -0.39 is 39.8 Å². The van der Waals surface area contributed by atoms with Gasteiger partial charge in [0.15, 0.2) is 0 Å². The monoisotopic (exact) mass is 652 g/mol. The highest BCUT2D eigenvalue weighted by molar-refractivity contribution is 7.90. The fourth-order valence-electron chi connectivity index (χ4n) is 5.56. The molecule has 0 aliphatic rings. The van der Waals surface area contributed by atoms with Crippen LogP contribution in [0.5, 0.6) is 5.75 Å². The Kier molecular flexibility index (Phi) is 9.76. The molecule has 5 rings (SSSR count). The van der Waals surface area contributed by atoms with Gasteiger partial charge in [0.1, 0.15) is 17.8 Å². The lowest BCUT2D eigenvalue weighted by Gasteiger charge is -2.29. The lowest BCUT2D eigenvalue weighted by atomic mass is 10.00. The van der Waals surface area contributed by atoms with E-state index in [0.29, 0.717) is 16.7 Å². The Hall–Kier alpha value is -5.42. The SMILES string of the molecule is Cc1cc(C)cc(C(=O)N(C)C(Cc2ccc(O)cc2)C(=O)NC(Cc2c[nH]c3ccccc23)C(=O)NS(=O)(=O)c2ccccc2)c1. The van der Waals surface area contributed by atoms with E-state index in [1.807, 2.05) is 44.2 Å². The summed E-state index contributed by atoms with van der Waals surface area (Å²) in [6.45, 7) is 3.75. The zero-order valence-corrected chi connectivity index (χ0v) is 27.0. The molecule has 3 amide bonds. The molecule has 4 N–H and O–H groups in total. The van der Waals surface area contributed by atoms with E-state index in [1.54, 1.807) is 48.7 Å². The minimum atomic E-state index is -4.26. The highest BCUT2D eigenvalue weighted by Crippen LogP contribution is 2.21. The normalized spacial score (nSPS) is 12.7. The van der Waals surface area contributed by atoms with Crippen molar-refractivity contribution in [3.8, 4) is 5.75 Å². The van der Waals surface area contributed by atoms with Crippen LogP contribution >= 0.6 is 0 Å². The number of carbonyl (C=O) groups excluding carboxylic acids is 3. The van der Waals surface area contributed by atoms with Crippen LogP contribution in [0.2, 0.25) is 0 Å². The number of hydrogen-bond acceptors (Lipinski definition) is 6. The van der Waals surface area contributed by atoms with E-state index in [2.05, 4.69) is 15.0 Å². The third-order valence-electron chi connectivity index (χ3n) is 7.94. The molecule has 2 atom stereocenters. The summed E-state index contributed by atoms with van der Waals surface area (Å²) in [5.74, 6) is -1.95. The van der Waals surface area contributed by atoms with Crippen LogP contribution in [0.3, 0.4) is 0 Å². The van der Waals surface area contributed by atoms with E-state index >= 15 is 0 Å². The number of aryl methyl sites for hydroxylation is 2. The minimum absolute atomic E-state index is 0.0352. The summed E-state index contributed by atoms with van der Waals surface area (Å²) in [6.07, 6.45) is 1.74. The topological polar surface area (TPSA) is 149 Å². The van der Waals surface area contributed by atoms with Crippen LogP contribution in [-0.4, -0.2) is 60.3 Å². The molecule has 5 aromatic rings. The van der Waals surface area contributed by atoms with Gasteiger partial charge in [-0.3, -0.25) is 14.4 Å². The number of fused-ring (bicyclic) bond motifs is 1. The number of amides is 3. The molecule has 0 bridgehead atoms. The maximum Gasteiger partial charge on any atom is 0.264 e. The first kappa shape index (κ1) is 33.0. The smallest absolute Gasteiger partial charge is 0.264 e.